The zero-order chi connectivity index (χ0) is 17.5. The molecule has 1 fully saturated rings. The Kier molecular flexibility index (Phi) is 4.68. The number of aliphatic hydroxyl groups is 1. The molecule has 0 unspecified atom stereocenters. The van der Waals surface area contributed by atoms with E-state index in [2.05, 4.69) is 0 Å². The van der Waals surface area contributed by atoms with Crippen LogP contribution in [0.4, 0.5) is 0 Å². The topological polar surface area (TPSA) is 77.9 Å². The molecule has 1 N–H and O–H groups in total. The van der Waals surface area contributed by atoms with Crippen molar-refractivity contribution in [1.82, 2.24) is 9.21 Å². The van der Waals surface area contributed by atoms with Crippen molar-refractivity contribution in [3.05, 3.63) is 29.3 Å². The van der Waals surface area contributed by atoms with Crippen LogP contribution in [0.5, 0.6) is 0 Å². The summed E-state index contributed by atoms with van der Waals surface area (Å²) in [7, 11) is -0.349. The SMILES string of the molecule is CN(C)C(=O)[C@@H]1CN(S(=O)(=O)c2ccc3c(c2)CCC3)C[C@H]1CO. The van der Waals surface area contributed by atoms with Gasteiger partial charge in [-0.3, -0.25) is 4.79 Å². The lowest BCUT2D eigenvalue weighted by Gasteiger charge is -2.20. The second-order valence-corrected chi connectivity index (χ2v) is 8.83. The number of aliphatic hydroxyl groups excluding tert-OH is 1. The molecule has 0 bridgehead atoms. The van der Waals surface area contributed by atoms with Crippen molar-refractivity contribution in [2.24, 2.45) is 11.8 Å². The van der Waals surface area contributed by atoms with E-state index < -0.39 is 15.9 Å². The summed E-state index contributed by atoms with van der Waals surface area (Å²) in [6, 6.07) is 5.33. The molecule has 1 aliphatic carbocycles. The van der Waals surface area contributed by atoms with Gasteiger partial charge >= 0.3 is 0 Å². The van der Waals surface area contributed by atoms with Crippen LogP contribution in [0.3, 0.4) is 0 Å². The first-order valence-electron chi connectivity index (χ1n) is 8.28. The number of sulfonamides is 1. The Balaban J connectivity index is 1.86. The number of aryl methyl sites for hydroxylation is 2. The van der Waals surface area contributed by atoms with Gasteiger partial charge in [-0.15, -0.1) is 0 Å². The van der Waals surface area contributed by atoms with E-state index in [4.69, 9.17) is 0 Å². The molecule has 6 nitrogen and oxygen atoms in total. The molecule has 7 heteroatoms. The van der Waals surface area contributed by atoms with E-state index in [1.165, 1.54) is 14.8 Å². The summed E-state index contributed by atoms with van der Waals surface area (Å²) in [6.07, 6.45) is 2.99. The molecule has 0 aromatic heterocycles. The van der Waals surface area contributed by atoms with Gasteiger partial charge in [-0.25, -0.2) is 8.42 Å². The number of carbonyl (C=O) groups excluding carboxylic acids is 1. The molecule has 2 aliphatic rings. The average molecular weight is 352 g/mol. The summed E-state index contributed by atoms with van der Waals surface area (Å²) in [5.74, 6) is -0.987. The normalized spacial score (nSPS) is 24.1. The van der Waals surface area contributed by atoms with Gasteiger partial charge in [0.15, 0.2) is 0 Å². The summed E-state index contributed by atoms with van der Waals surface area (Å²) in [4.78, 5) is 14.0. The van der Waals surface area contributed by atoms with Crippen molar-refractivity contribution in [3.63, 3.8) is 0 Å². The molecule has 1 aliphatic heterocycles. The van der Waals surface area contributed by atoms with E-state index in [1.807, 2.05) is 6.07 Å². The Hall–Kier alpha value is -1.44. The van der Waals surface area contributed by atoms with Gasteiger partial charge < -0.3 is 10.0 Å². The maximum Gasteiger partial charge on any atom is 0.243 e. The lowest BCUT2D eigenvalue weighted by molar-refractivity contribution is -0.134. The number of benzene rings is 1. The van der Waals surface area contributed by atoms with Crippen LogP contribution in [0.1, 0.15) is 17.5 Å². The molecule has 2 atom stereocenters. The number of hydrogen-bond donors (Lipinski definition) is 1. The largest absolute Gasteiger partial charge is 0.396 e. The van der Waals surface area contributed by atoms with Crippen LogP contribution < -0.4 is 0 Å². The van der Waals surface area contributed by atoms with Crippen molar-refractivity contribution >= 4 is 15.9 Å². The highest BCUT2D eigenvalue weighted by molar-refractivity contribution is 7.89. The van der Waals surface area contributed by atoms with E-state index in [-0.39, 0.29) is 36.4 Å². The highest BCUT2D eigenvalue weighted by atomic mass is 32.2. The van der Waals surface area contributed by atoms with Crippen molar-refractivity contribution in [1.29, 1.82) is 0 Å². The molecular weight excluding hydrogens is 328 g/mol. The fourth-order valence-corrected chi connectivity index (χ4v) is 5.26. The fourth-order valence-electron chi connectivity index (χ4n) is 3.68. The molecular formula is C17H24N2O4S. The number of carbonyl (C=O) groups is 1. The Morgan fingerprint density at radius 1 is 1.25 bits per heavy atom. The Morgan fingerprint density at radius 3 is 2.62 bits per heavy atom. The molecule has 24 heavy (non-hydrogen) atoms. The quantitative estimate of drug-likeness (QED) is 0.856. The summed E-state index contributed by atoms with van der Waals surface area (Å²) >= 11 is 0. The number of nitrogens with zero attached hydrogens (tertiary/aromatic N) is 2. The third kappa shape index (κ3) is 2.96. The predicted octanol–water partition coefficient (Wildman–Crippen LogP) is 0.492. The van der Waals surface area contributed by atoms with Gasteiger partial charge in [0.2, 0.25) is 15.9 Å². The molecule has 3 rings (SSSR count). The Morgan fingerprint density at radius 2 is 1.96 bits per heavy atom. The molecule has 1 aromatic carbocycles. The molecule has 1 aromatic rings. The number of rotatable bonds is 4. The van der Waals surface area contributed by atoms with Gasteiger partial charge in [0.05, 0.1) is 10.8 Å². The standard InChI is InChI=1S/C17H24N2O4S/c1-18(2)17(21)16-10-19(9-14(16)11-20)24(22,23)15-7-6-12-4-3-5-13(12)8-15/h6-8,14,16,20H,3-5,9-11H2,1-2H3/t14-,16+/m0/s1. The zero-order valence-corrected chi connectivity index (χ0v) is 14.9. The van der Waals surface area contributed by atoms with Crippen molar-refractivity contribution in [2.75, 3.05) is 33.8 Å². The number of amides is 1. The fraction of sp³-hybridized carbons (Fsp3) is 0.588. The van der Waals surface area contributed by atoms with Gasteiger partial charge in [0.25, 0.3) is 0 Å². The van der Waals surface area contributed by atoms with Crippen LogP contribution in [0, 0.1) is 11.8 Å². The van der Waals surface area contributed by atoms with Gasteiger partial charge in [-0.1, -0.05) is 6.07 Å². The molecule has 0 radical (unpaired) electrons. The van der Waals surface area contributed by atoms with E-state index in [1.54, 1.807) is 26.2 Å². The third-order valence-corrected chi connectivity index (χ3v) is 6.94. The lowest BCUT2D eigenvalue weighted by atomic mass is 9.96. The first-order chi connectivity index (χ1) is 11.3. The molecule has 0 spiro atoms. The number of hydrogen-bond acceptors (Lipinski definition) is 4. The van der Waals surface area contributed by atoms with Gasteiger partial charge in [-0.2, -0.15) is 4.31 Å². The van der Waals surface area contributed by atoms with Crippen molar-refractivity contribution in [3.8, 4) is 0 Å². The van der Waals surface area contributed by atoms with E-state index in [9.17, 15) is 18.3 Å². The van der Waals surface area contributed by atoms with E-state index >= 15 is 0 Å². The predicted molar refractivity (Wildman–Crippen MR) is 90.0 cm³/mol. The lowest BCUT2D eigenvalue weighted by Crippen LogP contribution is -2.35. The average Bonchev–Trinajstić information content (AvgIpc) is 3.19. The van der Waals surface area contributed by atoms with Crippen LogP contribution in [0.2, 0.25) is 0 Å². The van der Waals surface area contributed by atoms with Crippen molar-refractivity contribution in [2.45, 2.75) is 24.2 Å². The summed E-state index contributed by atoms with van der Waals surface area (Å²) in [5, 5.41) is 9.56. The summed E-state index contributed by atoms with van der Waals surface area (Å²) in [6.45, 7) is 0.113. The Bertz CT molecular complexity index is 745. The maximum absolute atomic E-state index is 13.0. The highest BCUT2D eigenvalue weighted by Gasteiger charge is 2.43. The van der Waals surface area contributed by atoms with Crippen LogP contribution in [0.15, 0.2) is 23.1 Å². The second-order valence-electron chi connectivity index (χ2n) is 6.89. The maximum atomic E-state index is 13.0. The molecule has 1 amide bonds. The van der Waals surface area contributed by atoms with E-state index in [0.717, 1.165) is 24.8 Å². The minimum Gasteiger partial charge on any atom is -0.396 e. The van der Waals surface area contributed by atoms with Crippen LogP contribution in [0.25, 0.3) is 0 Å². The minimum atomic E-state index is -3.64. The van der Waals surface area contributed by atoms with Crippen LogP contribution in [-0.2, 0) is 27.7 Å². The summed E-state index contributed by atoms with van der Waals surface area (Å²) < 4.78 is 27.3. The highest BCUT2D eigenvalue weighted by Crippen LogP contribution is 2.31. The van der Waals surface area contributed by atoms with Gasteiger partial charge in [0, 0.05) is 39.7 Å². The van der Waals surface area contributed by atoms with E-state index in [0.29, 0.717) is 0 Å². The smallest absolute Gasteiger partial charge is 0.243 e. The van der Waals surface area contributed by atoms with Crippen LogP contribution >= 0.6 is 0 Å². The van der Waals surface area contributed by atoms with Crippen LogP contribution in [-0.4, -0.2) is 62.4 Å². The Labute approximate surface area is 143 Å². The molecule has 1 saturated heterocycles. The second kappa shape index (κ2) is 6.46. The first-order valence-corrected chi connectivity index (χ1v) is 9.72. The number of fused-ring (bicyclic) bond motifs is 1. The summed E-state index contributed by atoms with van der Waals surface area (Å²) in [5.41, 5.74) is 2.33. The monoisotopic (exact) mass is 352 g/mol. The van der Waals surface area contributed by atoms with Crippen molar-refractivity contribution < 1.29 is 18.3 Å². The molecule has 132 valence electrons. The first kappa shape index (κ1) is 17.4. The molecule has 1 heterocycles. The minimum absolute atomic E-state index is 0.127. The zero-order valence-electron chi connectivity index (χ0n) is 14.1. The third-order valence-electron chi connectivity index (χ3n) is 5.11. The molecule has 0 saturated carbocycles. The van der Waals surface area contributed by atoms with Gasteiger partial charge in [0.1, 0.15) is 0 Å². The van der Waals surface area contributed by atoms with Gasteiger partial charge in [-0.05, 0) is 42.5 Å².